The molecule has 1 unspecified atom stereocenters. The van der Waals surface area contributed by atoms with Crippen molar-refractivity contribution in [3.05, 3.63) is 97.7 Å². The third kappa shape index (κ3) is 19.6. The van der Waals surface area contributed by atoms with E-state index < -0.39 is 152 Å². The van der Waals surface area contributed by atoms with E-state index in [9.17, 15) is 64.3 Å². The van der Waals surface area contributed by atoms with Gasteiger partial charge < -0.3 is 140 Å². The summed E-state index contributed by atoms with van der Waals surface area (Å²) in [6.45, 7) is 18.5. The second-order valence-electron chi connectivity index (χ2n) is 30.3. The predicted molar refractivity (Wildman–Crippen MR) is 419 cm³/mol. The molecule has 0 radical (unpaired) electrons. The Labute approximate surface area is 696 Å². The van der Waals surface area contributed by atoms with Gasteiger partial charge in [0.1, 0.15) is 138 Å². The molecule has 0 saturated carbocycles. The molecular weight excluding hydrogens is 1620 g/mol. The standard InChI is InChI=1S/C15H23FN4O4.C13H17FN4O3.C13H19FN2O4.C13H18N4O4.C10H16N4O4.C10H15N3O5/c1-5-23-13-10-12(18-8(2)19-13)20(7-17-10)14-15(3,16)11(21)9(24-14)6-22-4;1-13(14)10(19)8(5-20-2)21-12(13)18-6-17-9-7(15)3-4-16-11(9)18;1-7-5-16(8(2)15-11(7)18)12-13(3,14)10(17)9(20-12)6-19-4;1-13(19)10(18)8(5-20-2)21-12(13)17-6-16-9-7(14)3-4-15-11(9)17;1-5(11)9-12-4-14(13-9)10-8(16)7(15)6(18-10)3-17-2;1-5(14)9-11-4-13(12-9)10-8(16)7(15)6(18-10)3-17-2/h7,9,11,13-14,21H,5-6H2,1-4H3,(H,18,19);3-4,6,8,10,12,19H,5H2,1-2H3,(H2,15,16);5,9-10,12,17H,2,6H2,1,3-4H3,(H,15,18);3-4,6,8,10,12,18-19H,5H2,1-2H3,(H2,14,15);4,6-8,10-11,15-16H,3H2,1-2H3;4,6-8,10,15-16H,3H2,1-2H3/t9-,11-,13?,14-,15-;8-,10-,12-,13-;9-,10-,12-,13-;8-,10-,12-,13-;2*6-,7-,8-,10-/m111111/s1. The Morgan fingerprint density at radius 3 is 1.39 bits per heavy atom. The number of halogens is 3. The molecule has 45 nitrogen and oxygen atoms in total. The number of ether oxygens (including phenoxy) is 13. The number of fused-ring (bicyclic) bond motifs is 3. The number of anilines is 3. The Morgan fingerprint density at radius 2 is 0.951 bits per heavy atom. The largest absolute Gasteiger partial charge is 0.397 e. The van der Waals surface area contributed by atoms with Gasteiger partial charge in [-0.15, -0.1) is 10.2 Å². The SMILES string of the molecule is C=C1NC(=O)C(C)=CN1[C@@H]1O[C@H](COC)[C@@H](O)[C@@]1(C)F.CCOC1N=C(C)Nc2c1ncn2[C@@H]1O[C@H](COC)[C@@H](O)[C@@]1(C)F.COC[C@H]1O[C@@H](n2cnc(C(C)=N)n2)[C@H](O)[C@@H]1O.COC[C@H]1O[C@@H](n2cnc(C(C)=O)n2)[C@H](O)[C@@H]1O.COC[C@H]1O[C@@H](n2cnc3c(N)ccnc32)[C@](C)(F)[C@@H]1O.COC[C@H]1O[C@@H](n2cnc3c(N)ccnc32)[C@](C)(O)[C@@H]1O. The number of aromatic nitrogens is 14. The van der Waals surface area contributed by atoms with Gasteiger partial charge in [-0.05, 0) is 67.5 Å². The van der Waals surface area contributed by atoms with Crippen molar-refractivity contribution >= 4 is 62.8 Å². The van der Waals surface area contributed by atoms with Gasteiger partial charge in [-0.2, -0.15) is 0 Å². The molecule has 25 atom stereocenters. The summed E-state index contributed by atoms with van der Waals surface area (Å²) < 4.78 is 121. The molecule has 0 aromatic carbocycles. The molecule has 7 aromatic rings. The number of pyridine rings is 2. The number of methoxy groups -OCH3 is 6. The Morgan fingerprint density at radius 1 is 0.549 bits per heavy atom. The number of amidine groups is 1. The van der Waals surface area contributed by atoms with Crippen LogP contribution in [0.1, 0.15) is 122 Å². The smallest absolute Gasteiger partial charge is 0.253 e. The average molecular weight is 1730 g/mol. The minimum atomic E-state index is -2.02. The Hall–Kier alpha value is -9.20. The quantitative estimate of drug-likeness (QED) is 0.0304. The highest BCUT2D eigenvalue weighted by molar-refractivity contribution is 5.95. The number of imidazole rings is 3. The van der Waals surface area contributed by atoms with E-state index in [-0.39, 0.29) is 74.5 Å². The number of nitrogens with one attached hydrogen (secondary N) is 3. The Kier molecular flexibility index (Phi) is 31.0. The molecule has 6 saturated heterocycles. The number of aliphatic hydroxyl groups is 9. The number of aliphatic hydroxyl groups excluding tert-OH is 8. The molecule has 0 bridgehead atoms. The summed E-state index contributed by atoms with van der Waals surface area (Å²) in [5.74, 6) is 1.12. The lowest BCUT2D eigenvalue weighted by molar-refractivity contribution is -0.120. The molecule has 1 amide bonds. The van der Waals surface area contributed by atoms with Crippen LogP contribution in [0, 0.1) is 5.41 Å². The van der Waals surface area contributed by atoms with Gasteiger partial charge in [0.2, 0.25) is 5.82 Å². The zero-order chi connectivity index (χ0) is 89.5. The summed E-state index contributed by atoms with van der Waals surface area (Å²) in [5, 5.41) is 111. The van der Waals surface area contributed by atoms with E-state index in [0.29, 0.717) is 63.2 Å². The molecule has 15 heterocycles. The lowest BCUT2D eigenvalue weighted by Crippen LogP contribution is -2.51. The van der Waals surface area contributed by atoms with E-state index in [0.717, 1.165) is 0 Å². The fourth-order valence-corrected chi connectivity index (χ4v) is 14.4. The van der Waals surface area contributed by atoms with Crippen molar-refractivity contribution in [3.8, 4) is 0 Å². The second-order valence-corrected chi connectivity index (χ2v) is 30.3. The van der Waals surface area contributed by atoms with Crippen molar-refractivity contribution in [2.75, 3.05) is 106 Å². The van der Waals surface area contributed by atoms with Crippen molar-refractivity contribution in [2.45, 2.75) is 214 Å². The summed E-state index contributed by atoms with van der Waals surface area (Å²) in [7, 11) is 8.86. The maximum absolute atomic E-state index is 15.1. The first-order valence-electron chi connectivity index (χ1n) is 38.3. The van der Waals surface area contributed by atoms with Crippen molar-refractivity contribution < 1.29 is 130 Å². The first-order chi connectivity index (χ1) is 57.7. The van der Waals surface area contributed by atoms with Gasteiger partial charge in [-0.3, -0.25) is 23.3 Å². The summed E-state index contributed by atoms with van der Waals surface area (Å²) in [5.41, 5.74) is 8.18. The van der Waals surface area contributed by atoms with E-state index in [1.165, 1.54) is 140 Å². The summed E-state index contributed by atoms with van der Waals surface area (Å²) in [6.07, 6.45) is -8.21. The number of nitrogens with zero attached hydrogens (tertiary/aromatic N) is 16. The second kappa shape index (κ2) is 39.8. The first kappa shape index (κ1) is 95.0. The van der Waals surface area contributed by atoms with Crippen LogP contribution in [0.25, 0.3) is 22.3 Å². The third-order valence-electron chi connectivity index (χ3n) is 21.0. The lowest BCUT2D eigenvalue weighted by Gasteiger charge is -2.36. The number of hydrogen-bond donors (Lipinski definition) is 14. The molecule has 0 aliphatic carbocycles. The number of rotatable bonds is 22. The molecule has 7 aromatic heterocycles. The maximum Gasteiger partial charge on any atom is 0.253 e. The van der Waals surface area contributed by atoms with Gasteiger partial charge >= 0.3 is 0 Å². The van der Waals surface area contributed by atoms with E-state index in [1.54, 1.807) is 48.2 Å². The molecule has 16 N–H and O–H groups in total. The molecule has 674 valence electrons. The van der Waals surface area contributed by atoms with Crippen LogP contribution >= 0.6 is 0 Å². The van der Waals surface area contributed by atoms with Gasteiger partial charge in [0.15, 0.2) is 83.5 Å². The monoisotopic (exact) mass is 1730 g/mol. The highest BCUT2D eigenvalue weighted by Crippen LogP contribution is 2.47. The van der Waals surface area contributed by atoms with Gasteiger partial charge in [0.05, 0.1) is 75.7 Å². The number of amides is 1. The molecule has 6 fully saturated rings. The van der Waals surface area contributed by atoms with Crippen LogP contribution in [0.5, 0.6) is 0 Å². The predicted octanol–water partition coefficient (Wildman–Crippen LogP) is -0.358. The molecule has 0 spiro atoms. The average Bonchev–Trinajstić information content (AvgIpc) is 1.61. The van der Waals surface area contributed by atoms with Crippen LogP contribution in [0.15, 0.2) is 85.3 Å². The van der Waals surface area contributed by atoms with E-state index in [1.807, 2.05) is 6.92 Å². The van der Waals surface area contributed by atoms with Crippen LogP contribution in [-0.2, 0) is 66.4 Å². The number of hydrogen-bond acceptors (Lipinski definition) is 39. The van der Waals surface area contributed by atoms with Crippen molar-refractivity contribution in [1.82, 2.24) is 78.4 Å². The van der Waals surface area contributed by atoms with Crippen LogP contribution < -0.4 is 22.1 Å². The highest BCUT2D eigenvalue weighted by atomic mass is 19.2. The van der Waals surface area contributed by atoms with Gasteiger partial charge in [-0.25, -0.2) is 62.4 Å². The number of nitrogens with two attached hydrogens (primary N) is 2. The molecule has 8 aliphatic heterocycles. The lowest BCUT2D eigenvalue weighted by atomic mass is 9.96. The summed E-state index contributed by atoms with van der Waals surface area (Å²) >= 11 is 0. The Balaban J connectivity index is 0.000000154. The maximum atomic E-state index is 15.1. The van der Waals surface area contributed by atoms with Crippen LogP contribution in [0.3, 0.4) is 0 Å². The van der Waals surface area contributed by atoms with Crippen molar-refractivity contribution in [1.29, 1.82) is 5.41 Å². The fraction of sp³-hybridized carbons (Fsp3) is 0.635. The topological polar surface area (TPSA) is 592 Å². The molecular formula is C74H108F3N21O24. The first-order valence-corrected chi connectivity index (χ1v) is 38.3. The minimum Gasteiger partial charge on any atom is -0.397 e. The molecule has 48 heteroatoms. The fourth-order valence-electron chi connectivity index (χ4n) is 14.4. The zero-order valence-electron chi connectivity index (χ0n) is 69.6. The third-order valence-corrected chi connectivity index (χ3v) is 21.0. The summed E-state index contributed by atoms with van der Waals surface area (Å²) in [4.78, 5) is 57.0. The normalized spacial score (nSPS) is 33.9. The van der Waals surface area contributed by atoms with Crippen molar-refractivity contribution in [3.63, 3.8) is 0 Å². The van der Waals surface area contributed by atoms with E-state index >= 15 is 4.39 Å². The van der Waals surface area contributed by atoms with Gasteiger partial charge in [0, 0.05) is 80.4 Å². The van der Waals surface area contributed by atoms with Crippen LogP contribution in [0.4, 0.5) is 30.4 Å². The van der Waals surface area contributed by atoms with E-state index in [2.05, 4.69) is 67.3 Å². The number of carbonyl (C=O) groups excluding carboxylic acids is 2. The molecule has 122 heavy (non-hydrogen) atoms. The zero-order valence-corrected chi connectivity index (χ0v) is 69.6. The van der Waals surface area contributed by atoms with Crippen LogP contribution in [0.2, 0.25) is 0 Å². The number of nitrogen functional groups attached to an aromatic ring is 2. The minimum absolute atomic E-state index is 0.0375. The molecule has 8 aliphatic rings. The number of alkyl halides is 3. The van der Waals surface area contributed by atoms with Gasteiger partial charge in [0.25, 0.3) is 5.91 Å². The number of aliphatic imine (C=N–C) groups is 1. The number of carbonyl (C=O) groups is 2. The number of ketones is 1. The number of Topliss-reactive ketones (excluding diaryl/α,β-unsaturated/α-hetero) is 1. The summed E-state index contributed by atoms with van der Waals surface area (Å²) in [6, 6.07) is 3.27. The van der Waals surface area contributed by atoms with Gasteiger partial charge in [-0.1, -0.05) is 6.58 Å². The molecule has 15 rings (SSSR count). The Bertz CT molecular complexity index is 4580. The highest BCUT2D eigenvalue weighted by Gasteiger charge is 2.60. The van der Waals surface area contributed by atoms with Crippen molar-refractivity contribution in [2.24, 2.45) is 4.99 Å². The van der Waals surface area contributed by atoms with Crippen LogP contribution in [-0.4, -0.2) is 345 Å². The van der Waals surface area contributed by atoms with E-state index in [4.69, 9.17) is 78.5 Å².